The first kappa shape index (κ1) is 16.8. The number of morpholine rings is 1. The fraction of sp³-hybridized carbons (Fsp3) is 0.800. The van der Waals surface area contributed by atoms with Gasteiger partial charge in [-0.1, -0.05) is 0 Å². The van der Waals surface area contributed by atoms with Crippen LogP contribution in [0.5, 0.6) is 0 Å². The molecule has 0 aromatic heterocycles. The summed E-state index contributed by atoms with van der Waals surface area (Å²) < 4.78 is 10.9. The van der Waals surface area contributed by atoms with E-state index in [0.29, 0.717) is 19.8 Å². The van der Waals surface area contributed by atoms with Crippen LogP contribution in [0.15, 0.2) is 0 Å². The number of carbonyl (C=O) groups is 1. The van der Waals surface area contributed by atoms with Crippen molar-refractivity contribution in [2.45, 2.75) is 58.2 Å². The second kappa shape index (κ2) is 7.51. The molecule has 1 amide bonds. The van der Waals surface area contributed by atoms with E-state index >= 15 is 0 Å². The Labute approximate surface area is 121 Å². The molecule has 0 aromatic carbocycles. The van der Waals surface area contributed by atoms with E-state index in [1.807, 2.05) is 27.7 Å². The number of amides is 1. The zero-order valence-electron chi connectivity index (χ0n) is 12.9. The molecule has 2 unspecified atom stereocenters. The van der Waals surface area contributed by atoms with E-state index in [9.17, 15) is 4.79 Å². The Kier molecular flexibility index (Phi) is 6.31. The van der Waals surface area contributed by atoms with Gasteiger partial charge in [0, 0.05) is 19.0 Å². The molecule has 2 atom stereocenters. The highest BCUT2D eigenvalue weighted by Crippen LogP contribution is 2.17. The van der Waals surface area contributed by atoms with Gasteiger partial charge in [0.1, 0.15) is 5.60 Å². The molecule has 1 aliphatic rings. The molecule has 5 heteroatoms. The molecule has 0 spiro atoms. The summed E-state index contributed by atoms with van der Waals surface area (Å²) in [6.07, 6.45) is 1.16. The van der Waals surface area contributed by atoms with E-state index in [1.54, 1.807) is 4.90 Å². The van der Waals surface area contributed by atoms with Crippen molar-refractivity contribution >= 4 is 6.09 Å². The van der Waals surface area contributed by atoms with Gasteiger partial charge in [0.15, 0.2) is 0 Å². The van der Waals surface area contributed by atoms with Crippen molar-refractivity contribution in [1.82, 2.24) is 4.90 Å². The van der Waals surface area contributed by atoms with Gasteiger partial charge in [0.2, 0.25) is 0 Å². The number of hydrogen-bond acceptors (Lipinski definition) is 4. The van der Waals surface area contributed by atoms with Crippen molar-refractivity contribution in [2.75, 3.05) is 19.8 Å². The van der Waals surface area contributed by atoms with Crippen LogP contribution in [0.4, 0.5) is 4.79 Å². The lowest BCUT2D eigenvalue weighted by Crippen LogP contribution is -2.57. The summed E-state index contributed by atoms with van der Waals surface area (Å²) in [6.45, 7) is 8.89. The molecule has 1 heterocycles. The van der Waals surface area contributed by atoms with E-state index in [1.165, 1.54) is 0 Å². The van der Waals surface area contributed by atoms with Crippen LogP contribution < -0.4 is 5.73 Å². The summed E-state index contributed by atoms with van der Waals surface area (Å²) in [7, 11) is 0. The monoisotopic (exact) mass is 282 g/mol. The van der Waals surface area contributed by atoms with Gasteiger partial charge in [-0.3, -0.25) is 4.90 Å². The molecule has 0 aromatic rings. The fourth-order valence-electron chi connectivity index (χ4n) is 2.08. The lowest BCUT2D eigenvalue weighted by molar-refractivity contribution is -0.0383. The van der Waals surface area contributed by atoms with Gasteiger partial charge in [0.25, 0.3) is 0 Å². The number of carbonyl (C=O) groups excluding carboxylic acids is 1. The minimum Gasteiger partial charge on any atom is -0.444 e. The van der Waals surface area contributed by atoms with Gasteiger partial charge >= 0.3 is 6.09 Å². The van der Waals surface area contributed by atoms with Crippen molar-refractivity contribution in [3.63, 3.8) is 0 Å². The molecular weight excluding hydrogens is 256 g/mol. The number of nitrogens with two attached hydrogens (primary N) is 1. The van der Waals surface area contributed by atoms with Crippen molar-refractivity contribution in [2.24, 2.45) is 5.73 Å². The first-order valence-corrected chi connectivity index (χ1v) is 7.07. The van der Waals surface area contributed by atoms with Crippen LogP contribution in [0.3, 0.4) is 0 Å². The molecule has 1 fully saturated rings. The highest BCUT2D eigenvalue weighted by atomic mass is 16.6. The van der Waals surface area contributed by atoms with E-state index in [4.69, 9.17) is 15.2 Å². The number of ether oxygens (including phenoxy) is 2. The molecule has 0 radical (unpaired) electrons. The van der Waals surface area contributed by atoms with Gasteiger partial charge in [-0.25, -0.2) is 4.79 Å². The lowest BCUT2D eigenvalue weighted by atomic mass is 10.0. The van der Waals surface area contributed by atoms with Crippen LogP contribution in [-0.2, 0) is 9.47 Å². The van der Waals surface area contributed by atoms with E-state index in [2.05, 4.69) is 11.8 Å². The van der Waals surface area contributed by atoms with E-state index in [-0.39, 0.29) is 18.2 Å². The van der Waals surface area contributed by atoms with Gasteiger partial charge in [-0.2, -0.15) is 0 Å². The normalized spacial score (nSPS) is 20.9. The van der Waals surface area contributed by atoms with Gasteiger partial charge in [0.05, 0.1) is 19.3 Å². The van der Waals surface area contributed by atoms with Crippen LogP contribution in [0.2, 0.25) is 0 Å². The topological polar surface area (TPSA) is 64.8 Å². The highest BCUT2D eigenvalue weighted by Gasteiger charge is 2.34. The second-order valence-electron chi connectivity index (χ2n) is 5.95. The Morgan fingerprint density at radius 3 is 2.85 bits per heavy atom. The fourth-order valence-corrected chi connectivity index (χ4v) is 2.08. The maximum absolute atomic E-state index is 12.2. The number of hydrogen-bond donors (Lipinski definition) is 1. The third-order valence-electron chi connectivity index (χ3n) is 3.07. The van der Waals surface area contributed by atoms with Gasteiger partial charge < -0.3 is 15.2 Å². The quantitative estimate of drug-likeness (QED) is 0.801. The van der Waals surface area contributed by atoms with Crippen LogP contribution in [0.1, 0.15) is 40.5 Å². The summed E-state index contributed by atoms with van der Waals surface area (Å²) in [6, 6.07) is -0.291. The SMILES string of the molecule is CC#CCCC(N)C1COCCN1C(=O)OC(C)(C)C. The zero-order chi connectivity index (χ0) is 15.2. The van der Waals surface area contributed by atoms with Gasteiger partial charge in [-0.05, 0) is 34.1 Å². The number of nitrogens with zero attached hydrogens (tertiary/aromatic N) is 1. The summed E-state index contributed by atoms with van der Waals surface area (Å²) in [5.74, 6) is 5.84. The molecule has 5 nitrogen and oxygen atoms in total. The maximum atomic E-state index is 12.2. The molecule has 1 rings (SSSR count). The Morgan fingerprint density at radius 2 is 2.25 bits per heavy atom. The summed E-state index contributed by atoms with van der Waals surface area (Å²) in [4.78, 5) is 13.9. The van der Waals surface area contributed by atoms with Crippen LogP contribution >= 0.6 is 0 Å². The Morgan fingerprint density at radius 1 is 1.55 bits per heavy atom. The maximum Gasteiger partial charge on any atom is 0.410 e. The van der Waals surface area contributed by atoms with E-state index < -0.39 is 5.60 Å². The molecule has 2 N–H and O–H groups in total. The largest absolute Gasteiger partial charge is 0.444 e. The first-order valence-electron chi connectivity index (χ1n) is 7.07. The predicted octanol–water partition coefficient (Wildman–Crippen LogP) is 1.75. The molecule has 0 bridgehead atoms. The lowest BCUT2D eigenvalue weighted by Gasteiger charge is -2.39. The van der Waals surface area contributed by atoms with Crippen molar-refractivity contribution in [3.05, 3.63) is 0 Å². The summed E-state index contributed by atoms with van der Waals surface area (Å²) in [5, 5.41) is 0. The molecule has 20 heavy (non-hydrogen) atoms. The molecule has 114 valence electrons. The minimum absolute atomic E-state index is 0.141. The van der Waals surface area contributed by atoms with Crippen LogP contribution in [-0.4, -0.2) is 48.4 Å². The second-order valence-corrected chi connectivity index (χ2v) is 5.95. The standard InChI is InChI=1S/C15H26N2O3/c1-5-6-7-8-12(16)13-11-19-10-9-17(13)14(18)20-15(2,3)4/h12-13H,7-11,16H2,1-4H3. The Balaban J connectivity index is 2.65. The molecule has 1 aliphatic heterocycles. The van der Waals surface area contributed by atoms with Gasteiger partial charge in [-0.15, -0.1) is 11.8 Å². The first-order chi connectivity index (χ1) is 9.35. The third kappa shape index (κ3) is 5.40. The smallest absolute Gasteiger partial charge is 0.410 e. The molecule has 1 saturated heterocycles. The highest BCUT2D eigenvalue weighted by molar-refractivity contribution is 5.68. The van der Waals surface area contributed by atoms with Crippen LogP contribution in [0, 0.1) is 11.8 Å². The summed E-state index contributed by atoms with van der Waals surface area (Å²) >= 11 is 0. The zero-order valence-corrected chi connectivity index (χ0v) is 12.9. The average Bonchev–Trinajstić information content (AvgIpc) is 2.37. The average molecular weight is 282 g/mol. The molecule has 0 aliphatic carbocycles. The Hall–Kier alpha value is -1.25. The third-order valence-corrected chi connectivity index (χ3v) is 3.07. The van der Waals surface area contributed by atoms with E-state index in [0.717, 1.165) is 12.8 Å². The van der Waals surface area contributed by atoms with Crippen LogP contribution in [0.25, 0.3) is 0 Å². The van der Waals surface area contributed by atoms with Crippen molar-refractivity contribution in [1.29, 1.82) is 0 Å². The summed E-state index contributed by atoms with van der Waals surface area (Å²) in [5.41, 5.74) is 5.68. The van der Waals surface area contributed by atoms with Crippen molar-refractivity contribution in [3.8, 4) is 11.8 Å². The Bertz CT molecular complexity index is 379. The predicted molar refractivity (Wildman–Crippen MR) is 78.2 cm³/mol. The van der Waals surface area contributed by atoms with Crippen molar-refractivity contribution < 1.29 is 14.3 Å². The molecular formula is C15H26N2O3. The number of rotatable bonds is 3. The molecule has 0 saturated carbocycles. The minimum atomic E-state index is -0.502.